The number of pyridine rings is 1. The number of aromatic amines is 1. The van der Waals surface area contributed by atoms with E-state index in [4.69, 9.17) is 16.6 Å². The summed E-state index contributed by atoms with van der Waals surface area (Å²) in [5.74, 6) is 0.800. The topological polar surface area (TPSA) is 53.6 Å². The number of rotatable bonds is 3. The minimum atomic E-state index is 0. The molecule has 2 aromatic carbocycles. The minimum absolute atomic E-state index is 0. The van der Waals surface area contributed by atoms with Crippen LogP contribution in [-0.2, 0) is 18.6 Å². The van der Waals surface area contributed by atoms with E-state index in [0.29, 0.717) is 5.02 Å². The van der Waals surface area contributed by atoms with Crippen LogP contribution >= 0.6 is 11.6 Å². The van der Waals surface area contributed by atoms with Gasteiger partial charge in [-0.05, 0) is 43.7 Å². The maximum atomic E-state index is 6.35. The summed E-state index contributed by atoms with van der Waals surface area (Å²) in [5, 5.41) is 12.6. The van der Waals surface area contributed by atoms with Gasteiger partial charge in [-0.1, -0.05) is 41.9 Å². The molecule has 2 N–H and O–H groups in total. The molecule has 0 aliphatic heterocycles. The Morgan fingerprint density at radius 3 is 2.54 bits per heavy atom. The van der Waals surface area contributed by atoms with E-state index in [-0.39, 0.29) is 18.6 Å². The molecule has 6 heteroatoms. The predicted octanol–water partition coefficient (Wildman–Crippen LogP) is 5.64. The second kappa shape index (κ2) is 7.54. The monoisotopic (exact) mass is 399 g/mol. The molecule has 0 spiro atoms. The number of benzene rings is 2. The summed E-state index contributed by atoms with van der Waals surface area (Å²) < 4.78 is 0. The first-order chi connectivity index (χ1) is 12.1. The Morgan fingerprint density at radius 1 is 1.00 bits per heavy atom. The van der Waals surface area contributed by atoms with Crippen LogP contribution in [0.1, 0.15) is 11.3 Å². The van der Waals surface area contributed by atoms with E-state index in [0.717, 1.165) is 44.9 Å². The van der Waals surface area contributed by atoms with Crippen molar-refractivity contribution in [2.24, 2.45) is 0 Å². The number of nitrogens with zero attached hydrogens (tertiary/aromatic N) is 2. The Labute approximate surface area is 168 Å². The summed E-state index contributed by atoms with van der Waals surface area (Å²) in [4.78, 5) is 4.70. The molecule has 1 radical (unpaired) electrons. The van der Waals surface area contributed by atoms with Crippen LogP contribution in [0.3, 0.4) is 0 Å². The van der Waals surface area contributed by atoms with Gasteiger partial charge < -0.3 is 5.32 Å². The van der Waals surface area contributed by atoms with E-state index < -0.39 is 0 Å². The van der Waals surface area contributed by atoms with Crippen molar-refractivity contribution < 1.29 is 18.6 Å². The van der Waals surface area contributed by atoms with Crippen LogP contribution in [0, 0.1) is 13.8 Å². The molecule has 0 atom stereocenters. The summed E-state index contributed by atoms with van der Waals surface area (Å²) >= 11 is 6.35. The van der Waals surface area contributed by atoms with Gasteiger partial charge in [0.15, 0.2) is 5.82 Å². The summed E-state index contributed by atoms with van der Waals surface area (Å²) in [6.45, 7) is 4.05. The van der Waals surface area contributed by atoms with Crippen molar-refractivity contribution in [3.05, 3.63) is 70.9 Å². The van der Waals surface area contributed by atoms with Crippen molar-refractivity contribution in [1.29, 1.82) is 0 Å². The Morgan fingerprint density at radius 2 is 1.73 bits per heavy atom. The molecule has 0 bridgehead atoms. The summed E-state index contributed by atoms with van der Waals surface area (Å²) in [7, 11) is 0. The fraction of sp³-hybridized carbons (Fsp3) is 0.100. The first kappa shape index (κ1) is 18.5. The Bertz CT molecular complexity index is 1070. The Hall–Kier alpha value is -2.27. The zero-order valence-electron chi connectivity index (χ0n) is 14.4. The van der Waals surface area contributed by atoms with Crippen LogP contribution in [0.4, 0.5) is 11.5 Å². The van der Waals surface area contributed by atoms with Gasteiger partial charge in [-0.3, -0.25) is 10.1 Å². The largest absolute Gasteiger partial charge is 0.338 e. The number of hydrogen-bond acceptors (Lipinski definition) is 3. The van der Waals surface area contributed by atoms with Crippen molar-refractivity contribution in [2.75, 3.05) is 5.32 Å². The normalized spacial score (nSPS) is 10.6. The molecule has 129 valence electrons. The molecule has 0 aliphatic rings. The maximum absolute atomic E-state index is 6.35. The van der Waals surface area contributed by atoms with Crippen LogP contribution in [0.5, 0.6) is 0 Å². The van der Waals surface area contributed by atoms with Gasteiger partial charge in [-0.15, -0.1) is 0 Å². The van der Waals surface area contributed by atoms with Crippen molar-refractivity contribution >= 4 is 34.0 Å². The third-order valence-electron chi connectivity index (χ3n) is 4.39. The standard InChI is InChI=1S/C20H17ClN4.V/c1-12-13(2)22-19(14-7-3-5-9-16(14)21)11-18(12)23-20-15-8-4-6-10-17(15)24-25-20;/h3-11H,1-2H3,(H2,22,23,24,25);. The number of H-pyrrole nitrogens is 1. The first-order valence-corrected chi connectivity index (χ1v) is 8.44. The smallest absolute Gasteiger partial charge is 0.160 e. The van der Waals surface area contributed by atoms with Crippen molar-refractivity contribution in [1.82, 2.24) is 15.2 Å². The molecule has 0 fully saturated rings. The number of hydrogen-bond donors (Lipinski definition) is 2. The molecule has 4 aromatic rings. The number of anilines is 2. The number of para-hydroxylation sites is 1. The zero-order valence-corrected chi connectivity index (χ0v) is 16.6. The summed E-state index contributed by atoms with van der Waals surface area (Å²) in [5.41, 5.74) is 5.78. The third kappa shape index (κ3) is 3.36. The molecule has 0 saturated carbocycles. The van der Waals surface area contributed by atoms with E-state index in [2.05, 4.69) is 22.4 Å². The zero-order chi connectivity index (χ0) is 17.4. The maximum Gasteiger partial charge on any atom is 0.160 e. The van der Waals surface area contributed by atoms with Crippen LogP contribution < -0.4 is 5.32 Å². The van der Waals surface area contributed by atoms with Crippen molar-refractivity contribution in [2.45, 2.75) is 13.8 Å². The molecule has 2 heterocycles. The molecule has 4 nitrogen and oxygen atoms in total. The number of nitrogens with one attached hydrogen (secondary N) is 2. The number of halogens is 1. The van der Waals surface area contributed by atoms with Crippen LogP contribution in [0.15, 0.2) is 54.6 Å². The fourth-order valence-corrected chi connectivity index (χ4v) is 3.09. The molecule has 0 amide bonds. The molecule has 0 saturated heterocycles. The van der Waals surface area contributed by atoms with Gasteiger partial charge in [0.2, 0.25) is 0 Å². The van der Waals surface area contributed by atoms with E-state index in [9.17, 15) is 0 Å². The SMILES string of the molecule is Cc1nc(-c2ccccc2Cl)cc(Nc2n[nH]c3ccccc23)c1C.[V]. The molecular formula is C20H17ClN4V. The van der Waals surface area contributed by atoms with Crippen molar-refractivity contribution in [3.63, 3.8) is 0 Å². The van der Waals surface area contributed by atoms with E-state index in [1.165, 1.54) is 0 Å². The third-order valence-corrected chi connectivity index (χ3v) is 4.72. The number of fused-ring (bicyclic) bond motifs is 1. The molecule has 4 rings (SSSR count). The molecule has 26 heavy (non-hydrogen) atoms. The van der Waals surface area contributed by atoms with Crippen LogP contribution in [0.2, 0.25) is 5.02 Å². The van der Waals surface area contributed by atoms with E-state index >= 15 is 0 Å². The summed E-state index contributed by atoms with van der Waals surface area (Å²) in [6, 6.07) is 17.8. The van der Waals surface area contributed by atoms with Gasteiger partial charge in [0.25, 0.3) is 0 Å². The average molecular weight is 400 g/mol. The Balaban J connectivity index is 0.00000196. The van der Waals surface area contributed by atoms with Gasteiger partial charge in [0.1, 0.15) is 0 Å². The molecule has 2 aromatic heterocycles. The van der Waals surface area contributed by atoms with Crippen LogP contribution in [0.25, 0.3) is 22.2 Å². The quantitative estimate of drug-likeness (QED) is 0.469. The minimum Gasteiger partial charge on any atom is -0.338 e. The Kier molecular flexibility index (Phi) is 5.37. The van der Waals surface area contributed by atoms with Gasteiger partial charge in [-0.25, -0.2) is 0 Å². The molecular weight excluding hydrogens is 383 g/mol. The van der Waals surface area contributed by atoms with Crippen LogP contribution in [-0.4, -0.2) is 15.2 Å². The van der Waals surface area contributed by atoms with Gasteiger partial charge in [-0.2, -0.15) is 5.10 Å². The van der Waals surface area contributed by atoms with Gasteiger partial charge in [0, 0.05) is 45.9 Å². The summed E-state index contributed by atoms with van der Waals surface area (Å²) in [6.07, 6.45) is 0. The second-order valence-electron chi connectivity index (χ2n) is 5.99. The molecule has 0 unspecified atom stereocenters. The number of aryl methyl sites for hydroxylation is 1. The van der Waals surface area contributed by atoms with Gasteiger partial charge >= 0.3 is 0 Å². The average Bonchev–Trinajstić information content (AvgIpc) is 3.02. The van der Waals surface area contributed by atoms with Crippen molar-refractivity contribution in [3.8, 4) is 11.3 Å². The van der Waals surface area contributed by atoms with E-state index in [1.54, 1.807) is 0 Å². The first-order valence-electron chi connectivity index (χ1n) is 8.07. The fourth-order valence-electron chi connectivity index (χ4n) is 2.86. The predicted molar refractivity (Wildman–Crippen MR) is 104 cm³/mol. The van der Waals surface area contributed by atoms with E-state index in [1.807, 2.05) is 61.5 Å². The van der Waals surface area contributed by atoms with Gasteiger partial charge in [0.05, 0.1) is 11.2 Å². The molecule has 0 aliphatic carbocycles. The second-order valence-corrected chi connectivity index (χ2v) is 6.40. The number of aromatic nitrogens is 3.